The Balaban J connectivity index is 1.50. The van der Waals surface area contributed by atoms with E-state index in [0.29, 0.717) is 24.2 Å². The van der Waals surface area contributed by atoms with Crippen molar-refractivity contribution in [2.45, 2.75) is 31.1 Å². The number of aliphatic hydroxyl groups is 1. The second kappa shape index (κ2) is 9.41. The Morgan fingerprint density at radius 3 is 2.13 bits per heavy atom. The van der Waals surface area contributed by atoms with Gasteiger partial charge in [0.2, 0.25) is 5.60 Å². The Kier molecular flexibility index (Phi) is 6.44. The van der Waals surface area contributed by atoms with E-state index in [1.54, 1.807) is 60.7 Å². The molecule has 0 aromatic heterocycles. The van der Waals surface area contributed by atoms with E-state index in [0.717, 1.165) is 24.9 Å². The minimum absolute atomic E-state index is 0.254. The number of piperidine rings is 1. The van der Waals surface area contributed by atoms with Crippen LogP contribution in [0.5, 0.6) is 0 Å². The minimum atomic E-state index is -1.87. The van der Waals surface area contributed by atoms with Crippen LogP contribution < -0.4 is 0 Å². The molecule has 1 heterocycles. The molecular formula is C26H26FNO3. The van der Waals surface area contributed by atoms with Crippen molar-refractivity contribution in [1.82, 2.24) is 4.90 Å². The number of esters is 1. The van der Waals surface area contributed by atoms with E-state index in [1.807, 2.05) is 12.1 Å². The van der Waals surface area contributed by atoms with Crippen LogP contribution in [0.3, 0.4) is 0 Å². The highest BCUT2D eigenvalue weighted by molar-refractivity contribution is 5.85. The van der Waals surface area contributed by atoms with Crippen LogP contribution >= 0.6 is 0 Å². The number of hydrogen-bond acceptors (Lipinski definition) is 4. The first-order valence-electron chi connectivity index (χ1n) is 10.6. The Hall–Kier alpha value is -3.02. The van der Waals surface area contributed by atoms with Crippen LogP contribution in [-0.2, 0) is 21.7 Å². The molecule has 5 heteroatoms. The Bertz CT molecular complexity index is 953. The van der Waals surface area contributed by atoms with Gasteiger partial charge in [-0.05, 0) is 48.2 Å². The molecule has 0 aliphatic carbocycles. The predicted molar refractivity (Wildman–Crippen MR) is 117 cm³/mol. The van der Waals surface area contributed by atoms with Crippen molar-refractivity contribution >= 4 is 5.97 Å². The first-order chi connectivity index (χ1) is 15.1. The predicted octanol–water partition coefficient (Wildman–Crippen LogP) is 4.27. The van der Waals surface area contributed by atoms with Crippen LogP contribution in [0.15, 0.2) is 84.9 Å². The molecule has 1 aliphatic heterocycles. The molecule has 1 aliphatic rings. The summed E-state index contributed by atoms with van der Waals surface area (Å²) >= 11 is 0. The lowest BCUT2D eigenvalue weighted by atomic mass is 9.86. The fourth-order valence-corrected chi connectivity index (χ4v) is 4.10. The maximum atomic E-state index is 13.3. The standard InChI is InChI=1S/C26H26FNO3/c27-23-15-13-20(14-16-23)18-28-17-7-12-24(19-28)31-25(29)26(30,21-8-3-1-4-9-21)22-10-5-2-6-11-22/h1-6,8-11,13-16,24,30H,7,12,17-19H2/t24-/m1/s1. The highest BCUT2D eigenvalue weighted by atomic mass is 19.1. The van der Waals surface area contributed by atoms with E-state index in [4.69, 9.17) is 4.74 Å². The molecule has 4 nitrogen and oxygen atoms in total. The molecule has 0 saturated carbocycles. The number of rotatable bonds is 6. The number of ether oxygens (including phenoxy) is 1. The molecule has 0 radical (unpaired) electrons. The van der Waals surface area contributed by atoms with Gasteiger partial charge < -0.3 is 9.84 Å². The lowest BCUT2D eigenvalue weighted by Gasteiger charge is -2.35. The summed E-state index contributed by atoms with van der Waals surface area (Å²) in [5.41, 5.74) is 0.0932. The lowest BCUT2D eigenvalue weighted by Crippen LogP contribution is -2.45. The molecule has 0 amide bonds. The Labute approximate surface area is 181 Å². The molecule has 1 N–H and O–H groups in total. The number of carbonyl (C=O) groups is 1. The summed E-state index contributed by atoms with van der Waals surface area (Å²) in [6.07, 6.45) is 1.31. The zero-order valence-corrected chi connectivity index (χ0v) is 17.3. The SMILES string of the molecule is O=C(O[C@@H]1CCCN(Cc2ccc(F)cc2)C1)C(O)(c1ccccc1)c1ccccc1. The van der Waals surface area contributed by atoms with Gasteiger partial charge in [0.1, 0.15) is 11.9 Å². The summed E-state index contributed by atoms with van der Waals surface area (Å²) in [5.74, 6) is -0.922. The van der Waals surface area contributed by atoms with Gasteiger partial charge in [-0.2, -0.15) is 0 Å². The van der Waals surface area contributed by atoms with Crippen molar-refractivity contribution in [2.75, 3.05) is 13.1 Å². The molecule has 0 unspecified atom stereocenters. The topological polar surface area (TPSA) is 49.8 Å². The number of nitrogens with zero attached hydrogens (tertiary/aromatic N) is 1. The number of carbonyl (C=O) groups excluding carboxylic acids is 1. The summed E-state index contributed by atoms with van der Waals surface area (Å²) in [6, 6.07) is 24.2. The molecule has 1 fully saturated rings. The average Bonchev–Trinajstić information content (AvgIpc) is 2.81. The largest absolute Gasteiger partial charge is 0.458 e. The van der Waals surface area contributed by atoms with Gasteiger partial charge in [-0.1, -0.05) is 72.8 Å². The highest BCUT2D eigenvalue weighted by Crippen LogP contribution is 2.32. The van der Waals surface area contributed by atoms with E-state index < -0.39 is 11.6 Å². The zero-order chi connectivity index (χ0) is 21.7. The number of benzene rings is 3. The van der Waals surface area contributed by atoms with Crippen LogP contribution in [0, 0.1) is 5.82 Å². The lowest BCUT2D eigenvalue weighted by molar-refractivity contribution is -0.170. The smallest absolute Gasteiger partial charge is 0.348 e. The van der Waals surface area contributed by atoms with Crippen LogP contribution in [0.4, 0.5) is 4.39 Å². The molecule has 0 spiro atoms. The second-order valence-corrected chi connectivity index (χ2v) is 7.97. The maximum absolute atomic E-state index is 13.3. The molecule has 1 saturated heterocycles. The third-order valence-electron chi connectivity index (χ3n) is 5.73. The maximum Gasteiger partial charge on any atom is 0.348 e. The average molecular weight is 419 g/mol. The van der Waals surface area contributed by atoms with Gasteiger partial charge in [0.25, 0.3) is 0 Å². The summed E-state index contributed by atoms with van der Waals surface area (Å²) in [5, 5.41) is 11.6. The second-order valence-electron chi connectivity index (χ2n) is 7.97. The molecule has 0 bridgehead atoms. The quantitative estimate of drug-likeness (QED) is 0.607. The van der Waals surface area contributed by atoms with E-state index >= 15 is 0 Å². The van der Waals surface area contributed by atoms with E-state index in [9.17, 15) is 14.3 Å². The Morgan fingerprint density at radius 1 is 0.968 bits per heavy atom. The van der Waals surface area contributed by atoms with Gasteiger partial charge in [-0.15, -0.1) is 0 Å². The third kappa shape index (κ3) is 4.84. The Morgan fingerprint density at radius 2 is 1.55 bits per heavy atom. The van der Waals surface area contributed by atoms with Gasteiger partial charge in [0.05, 0.1) is 0 Å². The normalized spacial score (nSPS) is 17.3. The summed E-state index contributed by atoms with van der Waals surface area (Å²) in [7, 11) is 0. The van der Waals surface area contributed by atoms with Gasteiger partial charge >= 0.3 is 5.97 Å². The molecule has 4 rings (SSSR count). The van der Waals surface area contributed by atoms with Crippen molar-refractivity contribution in [3.05, 3.63) is 107 Å². The first kappa shape index (κ1) is 21.2. The van der Waals surface area contributed by atoms with Gasteiger partial charge in [0.15, 0.2) is 0 Å². The number of halogens is 1. The molecule has 3 aromatic carbocycles. The summed E-state index contributed by atoms with van der Waals surface area (Å²) < 4.78 is 19.0. The third-order valence-corrected chi connectivity index (χ3v) is 5.73. The van der Waals surface area contributed by atoms with Crippen molar-refractivity contribution in [3.63, 3.8) is 0 Å². The molecule has 1 atom stereocenters. The molecule has 3 aromatic rings. The number of hydrogen-bond donors (Lipinski definition) is 1. The van der Waals surface area contributed by atoms with Crippen LogP contribution in [0.1, 0.15) is 29.5 Å². The fourth-order valence-electron chi connectivity index (χ4n) is 4.10. The van der Waals surface area contributed by atoms with E-state index in [-0.39, 0.29) is 11.9 Å². The van der Waals surface area contributed by atoms with Crippen molar-refractivity contribution < 1.29 is 19.0 Å². The van der Waals surface area contributed by atoms with Crippen LogP contribution in [0.25, 0.3) is 0 Å². The summed E-state index contributed by atoms with van der Waals surface area (Å²) in [6.45, 7) is 2.12. The van der Waals surface area contributed by atoms with Crippen molar-refractivity contribution in [2.24, 2.45) is 0 Å². The fraction of sp³-hybridized carbons (Fsp3) is 0.269. The molecular weight excluding hydrogens is 393 g/mol. The van der Waals surface area contributed by atoms with Crippen molar-refractivity contribution in [1.29, 1.82) is 0 Å². The minimum Gasteiger partial charge on any atom is -0.458 e. The van der Waals surface area contributed by atoms with Gasteiger partial charge in [0, 0.05) is 13.1 Å². The molecule has 160 valence electrons. The van der Waals surface area contributed by atoms with Gasteiger partial charge in [-0.3, -0.25) is 4.90 Å². The zero-order valence-electron chi connectivity index (χ0n) is 17.3. The van der Waals surface area contributed by atoms with E-state index in [2.05, 4.69) is 4.90 Å². The molecule has 31 heavy (non-hydrogen) atoms. The highest BCUT2D eigenvalue weighted by Gasteiger charge is 2.43. The van der Waals surface area contributed by atoms with Crippen LogP contribution in [-0.4, -0.2) is 35.2 Å². The van der Waals surface area contributed by atoms with Gasteiger partial charge in [-0.25, -0.2) is 9.18 Å². The first-order valence-corrected chi connectivity index (χ1v) is 10.6. The van der Waals surface area contributed by atoms with E-state index in [1.165, 1.54) is 12.1 Å². The van der Waals surface area contributed by atoms with Crippen LogP contribution in [0.2, 0.25) is 0 Å². The monoisotopic (exact) mass is 419 g/mol. The summed E-state index contributed by atoms with van der Waals surface area (Å²) in [4.78, 5) is 15.5. The van der Waals surface area contributed by atoms with Crippen molar-refractivity contribution in [3.8, 4) is 0 Å². The number of likely N-dealkylation sites (tertiary alicyclic amines) is 1.